The number of urea groups is 1. The van der Waals surface area contributed by atoms with Crippen molar-refractivity contribution < 1.29 is 9.59 Å². The van der Waals surface area contributed by atoms with Crippen LogP contribution in [0, 0.1) is 6.92 Å². The summed E-state index contributed by atoms with van der Waals surface area (Å²) in [6.07, 6.45) is 2.09. The van der Waals surface area contributed by atoms with Gasteiger partial charge in [0, 0.05) is 36.9 Å². The van der Waals surface area contributed by atoms with Gasteiger partial charge in [-0.2, -0.15) is 0 Å². The Morgan fingerprint density at radius 2 is 2.17 bits per heavy atom. The van der Waals surface area contributed by atoms with Crippen molar-refractivity contribution in [3.8, 4) is 0 Å². The predicted octanol–water partition coefficient (Wildman–Crippen LogP) is 1.43. The molecular weight excluding hydrogens is 316 g/mol. The monoisotopic (exact) mass is 338 g/mol. The van der Waals surface area contributed by atoms with E-state index in [4.69, 9.17) is 0 Å². The number of carbonyl (C=O) groups excluding carboxylic acids is 2. The molecule has 0 saturated carbocycles. The topological polar surface area (TPSA) is 73.5 Å². The van der Waals surface area contributed by atoms with Crippen molar-refractivity contribution in [1.29, 1.82) is 0 Å². The van der Waals surface area contributed by atoms with Crippen LogP contribution >= 0.6 is 12.4 Å². The number of nitrogens with one attached hydrogen (secondary N) is 3. The molecule has 6 nitrogen and oxygen atoms in total. The molecule has 2 aliphatic heterocycles. The van der Waals surface area contributed by atoms with Crippen molar-refractivity contribution in [2.75, 3.05) is 31.1 Å². The van der Waals surface area contributed by atoms with E-state index in [1.165, 1.54) is 0 Å². The van der Waals surface area contributed by atoms with Crippen LogP contribution in [0.3, 0.4) is 0 Å². The molecule has 0 aromatic heterocycles. The maximum absolute atomic E-state index is 12.5. The first-order chi connectivity index (χ1) is 10.7. The number of carbonyl (C=O) groups is 2. The SMILES string of the molecule is Cc1c(C(=O)N[C@H]2CCCNC2)cccc1N1CCNC1=O.Cl. The molecule has 126 valence electrons. The second kappa shape index (κ2) is 7.66. The molecule has 2 fully saturated rings. The van der Waals surface area contributed by atoms with Gasteiger partial charge in [0.2, 0.25) is 0 Å². The summed E-state index contributed by atoms with van der Waals surface area (Å²) in [5.41, 5.74) is 2.30. The first-order valence-electron chi connectivity index (χ1n) is 7.83. The molecule has 3 amide bonds. The molecule has 2 saturated heterocycles. The number of anilines is 1. The summed E-state index contributed by atoms with van der Waals surface area (Å²) < 4.78 is 0. The zero-order chi connectivity index (χ0) is 15.5. The number of rotatable bonds is 3. The second-order valence-electron chi connectivity index (χ2n) is 5.85. The van der Waals surface area contributed by atoms with Crippen LogP contribution in [0.25, 0.3) is 0 Å². The zero-order valence-corrected chi connectivity index (χ0v) is 14.0. The number of halogens is 1. The zero-order valence-electron chi connectivity index (χ0n) is 13.2. The summed E-state index contributed by atoms with van der Waals surface area (Å²) in [5, 5.41) is 9.16. The third-order valence-corrected chi connectivity index (χ3v) is 4.33. The Hall–Kier alpha value is -1.79. The molecule has 0 bridgehead atoms. The van der Waals surface area contributed by atoms with Crippen molar-refractivity contribution in [1.82, 2.24) is 16.0 Å². The van der Waals surface area contributed by atoms with Gasteiger partial charge in [0.15, 0.2) is 0 Å². The van der Waals surface area contributed by atoms with E-state index in [9.17, 15) is 9.59 Å². The molecule has 3 N–H and O–H groups in total. The number of nitrogens with zero attached hydrogens (tertiary/aromatic N) is 1. The van der Waals surface area contributed by atoms with E-state index in [0.717, 1.165) is 37.2 Å². The molecule has 0 spiro atoms. The Balaban J connectivity index is 0.00000192. The largest absolute Gasteiger partial charge is 0.348 e. The highest BCUT2D eigenvalue weighted by molar-refractivity contribution is 6.00. The van der Waals surface area contributed by atoms with Crippen LogP contribution in [0.1, 0.15) is 28.8 Å². The van der Waals surface area contributed by atoms with Gasteiger partial charge in [0.25, 0.3) is 5.91 Å². The number of hydrogen-bond acceptors (Lipinski definition) is 3. The van der Waals surface area contributed by atoms with Gasteiger partial charge in [-0.1, -0.05) is 6.07 Å². The van der Waals surface area contributed by atoms with E-state index in [0.29, 0.717) is 18.7 Å². The van der Waals surface area contributed by atoms with Crippen LogP contribution in [0.15, 0.2) is 18.2 Å². The fourth-order valence-corrected chi connectivity index (χ4v) is 3.10. The number of benzene rings is 1. The molecule has 2 heterocycles. The molecule has 23 heavy (non-hydrogen) atoms. The third kappa shape index (κ3) is 3.76. The van der Waals surface area contributed by atoms with E-state index in [1.807, 2.05) is 25.1 Å². The Morgan fingerprint density at radius 1 is 1.35 bits per heavy atom. The third-order valence-electron chi connectivity index (χ3n) is 4.33. The second-order valence-corrected chi connectivity index (χ2v) is 5.85. The lowest BCUT2D eigenvalue weighted by Gasteiger charge is -2.25. The van der Waals surface area contributed by atoms with E-state index in [2.05, 4.69) is 16.0 Å². The maximum Gasteiger partial charge on any atom is 0.322 e. The van der Waals surface area contributed by atoms with Crippen LogP contribution in [-0.4, -0.2) is 44.2 Å². The predicted molar refractivity (Wildman–Crippen MR) is 92.5 cm³/mol. The van der Waals surface area contributed by atoms with Gasteiger partial charge in [0.05, 0.1) is 0 Å². The summed E-state index contributed by atoms with van der Waals surface area (Å²) >= 11 is 0. The van der Waals surface area contributed by atoms with Gasteiger partial charge in [-0.3, -0.25) is 9.69 Å². The van der Waals surface area contributed by atoms with E-state index >= 15 is 0 Å². The highest BCUT2D eigenvalue weighted by Crippen LogP contribution is 2.24. The Kier molecular flexibility index (Phi) is 5.85. The average molecular weight is 339 g/mol. The van der Waals surface area contributed by atoms with Crippen LogP contribution in [0.2, 0.25) is 0 Å². The molecule has 2 aliphatic rings. The highest BCUT2D eigenvalue weighted by atomic mass is 35.5. The summed E-state index contributed by atoms with van der Waals surface area (Å²) in [4.78, 5) is 26.0. The van der Waals surface area contributed by atoms with Crippen LogP contribution in [0.5, 0.6) is 0 Å². The van der Waals surface area contributed by atoms with Gasteiger partial charge in [0.1, 0.15) is 0 Å². The molecule has 7 heteroatoms. The maximum atomic E-state index is 12.5. The number of amides is 3. The van der Waals surface area contributed by atoms with Crippen molar-refractivity contribution in [3.05, 3.63) is 29.3 Å². The Bertz CT molecular complexity index is 587. The summed E-state index contributed by atoms with van der Waals surface area (Å²) in [7, 11) is 0. The molecule has 3 rings (SSSR count). The molecule has 1 aromatic rings. The standard InChI is InChI=1S/C16H22N4O2.ClH/c1-11-13(15(21)19-12-4-3-7-17-10-12)5-2-6-14(11)20-9-8-18-16(20)22;/h2,5-6,12,17H,3-4,7-10H2,1H3,(H,18,22)(H,19,21);1H/t12-;/m0./s1. The lowest BCUT2D eigenvalue weighted by molar-refractivity contribution is 0.0930. The van der Waals surface area contributed by atoms with Gasteiger partial charge >= 0.3 is 6.03 Å². The average Bonchev–Trinajstić information content (AvgIpc) is 2.94. The minimum absolute atomic E-state index is 0. The molecule has 0 aliphatic carbocycles. The van der Waals surface area contributed by atoms with E-state index in [1.54, 1.807) is 4.90 Å². The van der Waals surface area contributed by atoms with Crippen molar-refractivity contribution >= 4 is 30.0 Å². The fourth-order valence-electron chi connectivity index (χ4n) is 3.10. The Labute approximate surface area is 142 Å². The van der Waals surface area contributed by atoms with Crippen molar-refractivity contribution in [2.45, 2.75) is 25.8 Å². The summed E-state index contributed by atoms with van der Waals surface area (Å²) in [6, 6.07) is 5.62. The first-order valence-corrected chi connectivity index (χ1v) is 7.83. The molecule has 0 unspecified atom stereocenters. The minimum atomic E-state index is -0.0999. The summed E-state index contributed by atoms with van der Waals surface area (Å²) in [5.74, 6) is -0.0624. The first kappa shape index (κ1) is 17.6. The van der Waals surface area contributed by atoms with Crippen LogP contribution < -0.4 is 20.9 Å². The van der Waals surface area contributed by atoms with Crippen LogP contribution in [-0.2, 0) is 0 Å². The Morgan fingerprint density at radius 3 is 2.83 bits per heavy atom. The fraction of sp³-hybridized carbons (Fsp3) is 0.500. The smallest absolute Gasteiger partial charge is 0.322 e. The lowest BCUT2D eigenvalue weighted by atomic mass is 10.0. The highest BCUT2D eigenvalue weighted by Gasteiger charge is 2.25. The van der Waals surface area contributed by atoms with Gasteiger partial charge in [-0.05, 0) is 44.0 Å². The molecule has 0 radical (unpaired) electrons. The normalized spacial score (nSPS) is 20.7. The van der Waals surface area contributed by atoms with E-state index in [-0.39, 0.29) is 30.4 Å². The van der Waals surface area contributed by atoms with Crippen molar-refractivity contribution in [2.24, 2.45) is 0 Å². The van der Waals surface area contributed by atoms with Gasteiger partial charge in [-0.15, -0.1) is 12.4 Å². The summed E-state index contributed by atoms with van der Waals surface area (Å²) in [6.45, 7) is 5.01. The molecule has 1 aromatic carbocycles. The number of piperidine rings is 1. The van der Waals surface area contributed by atoms with Gasteiger partial charge in [-0.25, -0.2) is 4.79 Å². The lowest BCUT2D eigenvalue weighted by Crippen LogP contribution is -2.45. The van der Waals surface area contributed by atoms with Gasteiger partial charge < -0.3 is 16.0 Å². The van der Waals surface area contributed by atoms with E-state index < -0.39 is 0 Å². The van der Waals surface area contributed by atoms with Crippen LogP contribution in [0.4, 0.5) is 10.5 Å². The number of hydrogen-bond donors (Lipinski definition) is 3. The quantitative estimate of drug-likeness (QED) is 0.780. The minimum Gasteiger partial charge on any atom is -0.348 e. The molecule has 1 atom stereocenters. The molecular formula is C16H23ClN4O2. The van der Waals surface area contributed by atoms with Crippen molar-refractivity contribution in [3.63, 3.8) is 0 Å².